The number of aryl methyl sites for hydroxylation is 2. The van der Waals surface area contributed by atoms with Crippen LogP contribution in [0.4, 0.5) is 0 Å². The minimum absolute atomic E-state index is 0.251. The molecule has 1 aromatic rings. The first kappa shape index (κ1) is 14.5. The van der Waals surface area contributed by atoms with Crippen molar-refractivity contribution in [3.63, 3.8) is 0 Å². The molecule has 0 spiro atoms. The van der Waals surface area contributed by atoms with Gasteiger partial charge in [0.25, 0.3) is 0 Å². The van der Waals surface area contributed by atoms with E-state index in [2.05, 4.69) is 37.5 Å². The van der Waals surface area contributed by atoms with E-state index in [1.54, 1.807) is 0 Å². The number of hydrogen-bond donors (Lipinski definition) is 2. The second kappa shape index (κ2) is 7.04. The Labute approximate surface area is 116 Å². The molecule has 1 aromatic carbocycles. The second-order valence-corrected chi connectivity index (χ2v) is 5.63. The Hall–Kier alpha value is -0.900. The van der Waals surface area contributed by atoms with E-state index in [4.69, 9.17) is 10.6 Å². The topological polar surface area (TPSA) is 47.3 Å². The van der Waals surface area contributed by atoms with Crippen molar-refractivity contribution in [1.29, 1.82) is 0 Å². The number of ether oxygens (including phenoxy) is 1. The molecule has 0 bridgehead atoms. The zero-order valence-corrected chi connectivity index (χ0v) is 12.1. The highest BCUT2D eigenvalue weighted by Gasteiger charge is 2.16. The van der Waals surface area contributed by atoms with Gasteiger partial charge in [0.1, 0.15) is 0 Å². The summed E-state index contributed by atoms with van der Waals surface area (Å²) in [5.74, 6) is 5.71. The maximum atomic E-state index is 5.71. The second-order valence-electron chi connectivity index (χ2n) is 5.63. The number of benzene rings is 1. The highest BCUT2D eigenvalue weighted by molar-refractivity contribution is 5.31. The van der Waals surface area contributed by atoms with Crippen LogP contribution >= 0.6 is 0 Å². The van der Waals surface area contributed by atoms with Crippen molar-refractivity contribution in [2.45, 2.75) is 58.1 Å². The standard InChI is InChI=1S/C16H26N2O/c1-12-8-9-14(11-13(12)2)16(18-17)7-3-5-15-6-4-10-19-15/h8-9,11,15-16,18H,3-7,10,17H2,1-2H3. The first-order chi connectivity index (χ1) is 9.20. The molecule has 2 atom stereocenters. The fourth-order valence-corrected chi connectivity index (χ4v) is 2.75. The Morgan fingerprint density at radius 3 is 2.84 bits per heavy atom. The molecule has 1 fully saturated rings. The lowest BCUT2D eigenvalue weighted by Crippen LogP contribution is -2.28. The van der Waals surface area contributed by atoms with Gasteiger partial charge in [-0.1, -0.05) is 18.2 Å². The van der Waals surface area contributed by atoms with Gasteiger partial charge in [-0.2, -0.15) is 0 Å². The summed E-state index contributed by atoms with van der Waals surface area (Å²) in [6.07, 6.45) is 6.32. The van der Waals surface area contributed by atoms with Crippen LogP contribution in [0.15, 0.2) is 18.2 Å². The number of rotatable bonds is 6. The summed E-state index contributed by atoms with van der Waals surface area (Å²) in [7, 11) is 0. The van der Waals surface area contributed by atoms with Crippen LogP contribution in [0.3, 0.4) is 0 Å². The average molecular weight is 262 g/mol. The Morgan fingerprint density at radius 1 is 1.37 bits per heavy atom. The maximum absolute atomic E-state index is 5.71. The molecule has 19 heavy (non-hydrogen) atoms. The van der Waals surface area contributed by atoms with Gasteiger partial charge < -0.3 is 4.74 Å². The molecule has 106 valence electrons. The summed E-state index contributed by atoms with van der Waals surface area (Å²) in [5.41, 5.74) is 6.90. The van der Waals surface area contributed by atoms with Gasteiger partial charge in [-0.05, 0) is 62.6 Å². The molecule has 3 N–H and O–H groups in total. The molecule has 2 rings (SSSR count). The van der Waals surface area contributed by atoms with Crippen LogP contribution < -0.4 is 11.3 Å². The van der Waals surface area contributed by atoms with E-state index in [9.17, 15) is 0 Å². The van der Waals surface area contributed by atoms with Crippen molar-refractivity contribution in [2.24, 2.45) is 5.84 Å². The van der Waals surface area contributed by atoms with Gasteiger partial charge in [0.2, 0.25) is 0 Å². The third kappa shape index (κ3) is 4.03. The van der Waals surface area contributed by atoms with E-state index >= 15 is 0 Å². The zero-order chi connectivity index (χ0) is 13.7. The maximum Gasteiger partial charge on any atom is 0.0576 e. The van der Waals surface area contributed by atoms with E-state index in [0.29, 0.717) is 6.10 Å². The molecule has 1 aliphatic heterocycles. The summed E-state index contributed by atoms with van der Waals surface area (Å²) in [6, 6.07) is 6.85. The van der Waals surface area contributed by atoms with Gasteiger partial charge >= 0.3 is 0 Å². The van der Waals surface area contributed by atoms with E-state index in [-0.39, 0.29) is 6.04 Å². The Morgan fingerprint density at radius 2 is 2.21 bits per heavy atom. The van der Waals surface area contributed by atoms with Crippen LogP contribution in [-0.4, -0.2) is 12.7 Å². The van der Waals surface area contributed by atoms with Crippen LogP contribution in [0.25, 0.3) is 0 Å². The summed E-state index contributed by atoms with van der Waals surface area (Å²) in [6.45, 7) is 5.24. The van der Waals surface area contributed by atoms with E-state index in [1.807, 2.05) is 0 Å². The molecular formula is C16H26N2O. The molecule has 0 amide bonds. The highest BCUT2D eigenvalue weighted by Crippen LogP contribution is 2.24. The molecule has 1 saturated heterocycles. The minimum atomic E-state index is 0.251. The molecule has 2 unspecified atom stereocenters. The van der Waals surface area contributed by atoms with Gasteiger partial charge in [-0.3, -0.25) is 11.3 Å². The normalized spacial score (nSPS) is 20.7. The van der Waals surface area contributed by atoms with Crippen molar-refractivity contribution in [3.05, 3.63) is 34.9 Å². The van der Waals surface area contributed by atoms with Crippen molar-refractivity contribution in [2.75, 3.05) is 6.61 Å². The molecule has 3 nitrogen and oxygen atoms in total. The summed E-state index contributed by atoms with van der Waals surface area (Å²) >= 11 is 0. The molecule has 1 aliphatic rings. The summed E-state index contributed by atoms with van der Waals surface area (Å²) < 4.78 is 5.66. The Bertz CT molecular complexity index is 400. The van der Waals surface area contributed by atoms with E-state index in [0.717, 1.165) is 25.9 Å². The average Bonchev–Trinajstić information content (AvgIpc) is 2.91. The van der Waals surface area contributed by atoms with Gasteiger partial charge in [-0.25, -0.2) is 0 Å². The van der Waals surface area contributed by atoms with Crippen molar-refractivity contribution in [3.8, 4) is 0 Å². The molecule has 0 aliphatic carbocycles. The molecule has 0 aromatic heterocycles. The smallest absolute Gasteiger partial charge is 0.0576 e. The number of hydrazine groups is 1. The predicted molar refractivity (Wildman–Crippen MR) is 78.8 cm³/mol. The lowest BCUT2D eigenvalue weighted by Gasteiger charge is -2.18. The zero-order valence-electron chi connectivity index (χ0n) is 12.1. The fraction of sp³-hybridized carbons (Fsp3) is 0.625. The third-order valence-corrected chi connectivity index (χ3v) is 4.18. The third-order valence-electron chi connectivity index (χ3n) is 4.18. The van der Waals surface area contributed by atoms with E-state index < -0.39 is 0 Å². The van der Waals surface area contributed by atoms with Crippen molar-refractivity contribution >= 4 is 0 Å². The van der Waals surface area contributed by atoms with Crippen molar-refractivity contribution < 1.29 is 4.74 Å². The highest BCUT2D eigenvalue weighted by atomic mass is 16.5. The Kier molecular flexibility index (Phi) is 5.37. The molecule has 0 radical (unpaired) electrons. The number of nitrogens with one attached hydrogen (secondary N) is 1. The lowest BCUT2D eigenvalue weighted by atomic mass is 9.97. The Balaban J connectivity index is 1.86. The number of hydrogen-bond acceptors (Lipinski definition) is 3. The van der Waals surface area contributed by atoms with Gasteiger partial charge in [0.15, 0.2) is 0 Å². The van der Waals surface area contributed by atoms with Gasteiger partial charge in [0.05, 0.1) is 6.10 Å². The van der Waals surface area contributed by atoms with Crippen molar-refractivity contribution in [1.82, 2.24) is 5.43 Å². The number of nitrogens with two attached hydrogens (primary N) is 1. The van der Waals surface area contributed by atoms with Gasteiger partial charge in [-0.15, -0.1) is 0 Å². The SMILES string of the molecule is Cc1ccc(C(CCCC2CCCO2)NN)cc1C. The lowest BCUT2D eigenvalue weighted by molar-refractivity contribution is 0.101. The quantitative estimate of drug-likeness (QED) is 0.611. The van der Waals surface area contributed by atoms with Crippen LogP contribution in [0.5, 0.6) is 0 Å². The monoisotopic (exact) mass is 262 g/mol. The van der Waals surface area contributed by atoms with Crippen LogP contribution in [0.1, 0.15) is 54.8 Å². The summed E-state index contributed by atoms with van der Waals surface area (Å²) in [5, 5.41) is 0. The van der Waals surface area contributed by atoms with Crippen LogP contribution in [0.2, 0.25) is 0 Å². The first-order valence-electron chi connectivity index (χ1n) is 7.35. The predicted octanol–water partition coefficient (Wildman–Crippen LogP) is 3.16. The molecular weight excluding hydrogens is 236 g/mol. The van der Waals surface area contributed by atoms with Crippen LogP contribution in [0, 0.1) is 13.8 Å². The first-order valence-corrected chi connectivity index (χ1v) is 7.35. The molecule has 1 heterocycles. The molecule has 3 heteroatoms. The summed E-state index contributed by atoms with van der Waals surface area (Å²) in [4.78, 5) is 0. The molecule has 0 saturated carbocycles. The van der Waals surface area contributed by atoms with E-state index in [1.165, 1.54) is 29.5 Å². The van der Waals surface area contributed by atoms with Gasteiger partial charge in [0, 0.05) is 12.6 Å². The largest absolute Gasteiger partial charge is 0.378 e. The minimum Gasteiger partial charge on any atom is -0.378 e. The van der Waals surface area contributed by atoms with Crippen LogP contribution in [-0.2, 0) is 4.74 Å². The fourth-order valence-electron chi connectivity index (χ4n) is 2.75.